The van der Waals surface area contributed by atoms with Gasteiger partial charge in [-0.2, -0.15) is 0 Å². The summed E-state index contributed by atoms with van der Waals surface area (Å²) in [5.74, 6) is 1.01. The Bertz CT molecular complexity index is 1210. The zero-order valence-electron chi connectivity index (χ0n) is 19.4. The third kappa shape index (κ3) is 6.91. The number of anilines is 1. The fraction of sp³-hybridized carbons (Fsp3) is 0.240. The number of benzene rings is 3. The van der Waals surface area contributed by atoms with Gasteiger partial charge < -0.3 is 14.8 Å². The molecular weight excluding hydrogens is 472 g/mol. The van der Waals surface area contributed by atoms with E-state index in [1.54, 1.807) is 61.3 Å². The second-order valence-electron chi connectivity index (χ2n) is 7.42. The van der Waals surface area contributed by atoms with Crippen molar-refractivity contribution in [1.29, 1.82) is 0 Å². The Morgan fingerprint density at radius 1 is 1.00 bits per heavy atom. The molecule has 0 aliphatic carbocycles. The van der Waals surface area contributed by atoms with Crippen LogP contribution in [0.25, 0.3) is 0 Å². The molecule has 3 rings (SSSR count). The van der Waals surface area contributed by atoms with Gasteiger partial charge in [-0.15, -0.1) is 11.8 Å². The Labute approximate surface area is 205 Å². The van der Waals surface area contributed by atoms with Crippen LogP contribution in [-0.2, 0) is 16.6 Å². The number of hydrogen-bond acceptors (Lipinski definition) is 6. The molecule has 3 aromatic carbocycles. The smallest absolute Gasteiger partial charge is 0.251 e. The Morgan fingerprint density at radius 2 is 1.71 bits per heavy atom. The minimum atomic E-state index is -3.49. The van der Waals surface area contributed by atoms with Crippen molar-refractivity contribution < 1.29 is 22.7 Å². The maximum atomic E-state index is 12.5. The van der Waals surface area contributed by atoms with Crippen molar-refractivity contribution in [3.8, 4) is 11.5 Å². The average Bonchev–Trinajstić information content (AvgIpc) is 2.85. The lowest BCUT2D eigenvalue weighted by Crippen LogP contribution is -2.29. The van der Waals surface area contributed by atoms with Gasteiger partial charge >= 0.3 is 0 Å². The van der Waals surface area contributed by atoms with Crippen molar-refractivity contribution in [2.75, 3.05) is 37.1 Å². The van der Waals surface area contributed by atoms with Crippen molar-refractivity contribution in [3.05, 3.63) is 83.9 Å². The molecule has 0 spiro atoms. The highest BCUT2D eigenvalue weighted by atomic mass is 32.2. The Hall–Kier alpha value is -3.17. The van der Waals surface area contributed by atoms with Crippen molar-refractivity contribution in [1.82, 2.24) is 5.32 Å². The summed E-state index contributed by atoms with van der Waals surface area (Å²) in [5.41, 5.74) is 1.86. The molecule has 1 N–H and O–H groups in total. The molecule has 180 valence electrons. The lowest BCUT2D eigenvalue weighted by molar-refractivity contribution is 0.0947. The maximum absolute atomic E-state index is 12.5. The summed E-state index contributed by atoms with van der Waals surface area (Å²) < 4.78 is 37.1. The molecule has 0 saturated heterocycles. The van der Waals surface area contributed by atoms with Crippen LogP contribution in [0.3, 0.4) is 0 Å². The molecule has 0 atom stereocenters. The molecule has 3 aromatic rings. The van der Waals surface area contributed by atoms with Crippen LogP contribution in [0, 0.1) is 0 Å². The number of hydrogen-bond donors (Lipinski definition) is 1. The predicted octanol–water partition coefficient (Wildman–Crippen LogP) is 4.19. The number of nitrogens with zero attached hydrogens (tertiary/aromatic N) is 1. The molecule has 0 unspecified atom stereocenters. The fourth-order valence-corrected chi connectivity index (χ4v) is 4.59. The van der Waals surface area contributed by atoms with Crippen LogP contribution in [0.5, 0.6) is 11.5 Å². The average molecular weight is 501 g/mol. The molecule has 0 aromatic heterocycles. The van der Waals surface area contributed by atoms with E-state index in [1.807, 2.05) is 36.6 Å². The maximum Gasteiger partial charge on any atom is 0.251 e. The van der Waals surface area contributed by atoms with Gasteiger partial charge in [0.25, 0.3) is 5.91 Å². The van der Waals surface area contributed by atoms with Crippen LogP contribution in [0.15, 0.2) is 77.7 Å². The Balaban J connectivity index is 1.59. The molecule has 0 fully saturated rings. The first kappa shape index (κ1) is 25.5. The lowest BCUT2D eigenvalue weighted by Gasteiger charge is -2.23. The summed E-state index contributed by atoms with van der Waals surface area (Å²) in [6, 6.07) is 21.6. The van der Waals surface area contributed by atoms with Crippen LogP contribution < -0.4 is 19.1 Å². The summed E-state index contributed by atoms with van der Waals surface area (Å²) in [7, 11) is -1.92. The quantitative estimate of drug-likeness (QED) is 0.314. The van der Waals surface area contributed by atoms with Gasteiger partial charge in [0.1, 0.15) is 6.61 Å². The van der Waals surface area contributed by atoms with Gasteiger partial charge in [0.2, 0.25) is 10.0 Å². The standard InChI is InChI=1S/C25H28N2O5S2/c1-31-23-9-4-5-10-24(23)32-16-15-26-25(28)20-13-11-19(12-14-20)18-27(34(3,29)30)21-7-6-8-22(17-21)33-2/h4-14,17H,15-16,18H2,1-3H3,(H,26,28). The van der Waals surface area contributed by atoms with Crippen molar-refractivity contribution in [2.24, 2.45) is 0 Å². The lowest BCUT2D eigenvalue weighted by atomic mass is 10.1. The number of para-hydroxylation sites is 2. The number of nitrogens with one attached hydrogen (secondary N) is 1. The van der Waals surface area contributed by atoms with Crippen LogP contribution >= 0.6 is 11.8 Å². The van der Waals surface area contributed by atoms with Crippen LogP contribution in [-0.4, -0.2) is 47.1 Å². The SMILES string of the molecule is COc1ccccc1OCCNC(=O)c1ccc(CN(c2cccc(SC)c2)S(C)(=O)=O)cc1. The van der Waals surface area contributed by atoms with E-state index >= 15 is 0 Å². The van der Waals surface area contributed by atoms with E-state index in [0.717, 1.165) is 10.5 Å². The third-order valence-corrected chi connectivity index (χ3v) is 6.86. The molecular formula is C25H28N2O5S2. The number of rotatable bonds is 11. The summed E-state index contributed by atoms with van der Waals surface area (Å²) in [6.07, 6.45) is 3.13. The fourth-order valence-electron chi connectivity index (χ4n) is 3.26. The molecule has 9 heteroatoms. The summed E-state index contributed by atoms with van der Waals surface area (Å²) in [6.45, 7) is 0.792. The number of methoxy groups -OCH3 is 1. The van der Waals surface area contributed by atoms with Crippen LogP contribution in [0.2, 0.25) is 0 Å². The monoisotopic (exact) mass is 500 g/mol. The molecule has 0 radical (unpaired) electrons. The number of amides is 1. The van der Waals surface area contributed by atoms with Gasteiger partial charge in [-0.3, -0.25) is 9.10 Å². The normalized spacial score (nSPS) is 11.0. The largest absolute Gasteiger partial charge is 0.493 e. The highest BCUT2D eigenvalue weighted by Crippen LogP contribution is 2.26. The van der Waals surface area contributed by atoms with Crippen molar-refractivity contribution in [3.63, 3.8) is 0 Å². The topological polar surface area (TPSA) is 84.9 Å². The number of thioether (sulfide) groups is 1. The van der Waals surface area contributed by atoms with Gasteiger partial charge in [0.15, 0.2) is 11.5 Å². The van der Waals surface area contributed by atoms with E-state index in [2.05, 4.69) is 5.32 Å². The highest BCUT2D eigenvalue weighted by molar-refractivity contribution is 7.98. The molecule has 1 amide bonds. The van der Waals surface area contributed by atoms with Gasteiger partial charge in [0.05, 0.1) is 32.1 Å². The first-order chi connectivity index (χ1) is 16.3. The zero-order valence-corrected chi connectivity index (χ0v) is 21.0. The Morgan fingerprint density at radius 3 is 2.35 bits per heavy atom. The first-order valence-electron chi connectivity index (χ1n) is 10.6. The van der Waals surface area contributed by atoms with Gasteiger partial charge in [0, 0.05) is 10.5 Å². The number of carbonyl (C=O) groups excluding carboxylic acids is 1. The molecule has 0 saturated carbocycles. The molecule has 0 aliphatic rings. The van der Waals surface area contributed by atoms with Crippen molar-refractivity contribution in [2.45, 2.75) is 11.4 Å². The molecule has 0 bridgehead atoms. The van der Waals surface area contributed by atoms with Gasteiger partial charge in [-0.05, 0) is 54.3 Å². The minimum absolute atomic E-state index is 0.172. The van der Waals surface area contributed by atoms with Crippen LogP contribution in [0.1, 0.15) is 15.9 Å². The molecule has 0 heterocycles. The number of ether oxygens (including phenoxy) is 2. The van der Waals surface area contributed by atoms with E-state index in [0.29, 0.717) is 35.9 Å². The van der Waals surface area contributed by atoms with E-state index < -0.39 is 10.0 Å². The molecule has 34 heavy (non-hydrogen) atoms. The van der Waals surface area contributed by atoms with E-state index in [-0.39, 0.29) is 12.5 Å². The summed E-state index contributed by atoms with van der Waals surface area (Å²) in [5, 5.41) is 2.82. The second kappa shape index (κ2) is 11.8. The summed E-state index contributed by atoms with van der Waals surface area (Å²) in [4.78, 5) is 13.4. The van der Waals surface area contributed by atoms with Gasteiger partial charge in [-0.1, -0.05) is 30.3 Å². The minimum Gasteiger partial charge on any atom is -0.493 e. The highest BCUT2D eigenvalue weighted by Gasteiger charge is 2.18. The zero-order chi connectivity index (χ0) is 24.6. The third-order valence-electron chi connectivity index (χ3n) is 5.00. The van der Waals surface area contributed by atoms with Crippen LogP contribution in [0.4, 0.5) is 5.69 Å². The Kier molecular flexibility index (Phi) is 8.84. The molecule has 7 nitrogen and oxygen atoms in total. The van der Waals surface area contributed by atoms with Crippen molar-refractivity contribution >= 4 is 33.4 Å². The first-order valence-corrected chi connectivity index (χ1v) is 13.6. The second-order valence-corrected chi connectivity index (χ2v) is 10.2. The predicted molar refractivity (Wildman–Crippen MR) is 137 cm³/mol. The van der Waals surface area contributed by atoms with E-state index in [1.165, 1.54) is 10.6 Å². The summed E-state index contributed by atoms with van der Waals surface area (Å²) >= 11 is 1.55. The van der Waals surface area contributed by atoms with Gasteiger partial charge in [-0.25, -0.2) is 8.42 Å². The number of carbonyl (C=O) groups is 1. The van der Waals surface area contributed by atoms with E-state index in [9.17, 15) is 13.2 Å². The molecule has 0 aliphatic heterocycles. The van der Waals surface area contributed by atoms with E-state index in [4.69, 9.17) is 9.47 Å². The number of sulfonamides is 1.